The van der Waals surface area contributed by atoms with Gasteiger partial charge in [-0.05, 0) is 12.8 Å². The molecule has 0 aromatic carbocycles. The lowest BCUT2D eigenvalue weighted by molar-refractivity contribution is 0.149. The monoisotopic (exact) mass is 179 g/mol. The second kappa shape index (κ2) is 5.24. The molecule has 0 fully saturated rings. The van der Waals surface area contributed by atoms with Gasteiger partial charge in [0.1, 0.15) is 5.50 Å². The van der Waals surface area contributed by atoms with Crippen LogP contribution in [0, 0.1) is 5.92 Å². The number of alkyl carbamates (subject to hydrolysis) is 1. The van der Waals surface area contributed by atoms with Gasteiger partial charge in [0.25, 0.3) is 0 Å². The number of rotatable bonds is 3. The summed E-state index contributed by atoms with van der Waals surface area (Å²) in [6.45, 7) is 5.96. The summed E-state index contributed by atoms with van der Waals surface area (Å²) in [5.41, 5.74) is -0.353. The van der Waals surface area contributed by atoms with E-state index >= 15 is 0 Å². The van der Waals surface area contributed by atoms with E-state index in [4.69, 9.17) is 11.6 Å². The highest BCUT2D eigenvalue weighted by molar-refractivity contribution is 6.21. The highest BCUT2D eigenvalue weighted by Gasteiger charge is 2.12. The summed E-state index contributed by atoms with van der Waals surface area (Å²) in [5, 5.41) is 2.48. The minimum atomic E-state index is -0.457. The average Bonchev–Trinajstić information content (AvgIpc) is 1.87. The molecular weight excluding hydrogens is 166 g/mol. The molecule has 0 spiro atoms. The van der Waals surface area contributed by atoms with Gasteiger partial charge in [-0.15, -0.1) is 0 Å². The standard InChI is InChI=1S/C7H14ClNO2/c1-4-11-7(10)9-6(8)5(2)3/h5-6H,4H2,1-3H3,(H,9,10). The Balaban J connectivity index is 3.57. The molecule has 0 aliphatic heterocycles. The summed E-state index contributed by atoms with van der Waals surface area (Å²) in [4.78, 5) is 10.7. The molecule has 0 aliphatic rings. The maximum atomic E-state index is 10.7. The second-order valence-corrected chi connectivity index (χ2v) is 2.98. The molecule has 0 bridgehead atoms. The quantitative estimate of drug-likeness (QED) is 0.531. The highest BCUT2D eigenvalue weighted by atomic mass is 35.5. The fourth-order valence-electron chi connectivity index (χ4n) is 0.452. The molecule has 0 rings (SSSR count). The van der Waals surface area contributed by atoms with Crippen LogP contribution in [0.2, 0.25) is 0 Å². The Bertz CT molecular complexity index is 128. The molecule has 66 valence electrons. The van der Waals surface area contributed by atoms with Crippen LogP contribution < -0.4 is 5.32 Å². The van der Waals surface area contributed by atoms with E-state index in [0.717, 1.165) is 0 Å². The summed E-state index contributed by atoms with van der Waals surface area (Å²) >= 11 is 5.73. The Labute approximate surface area is 72.1 Å². The van der Waals surface area contributed by atoms with Crippen LogP contribution in [-0.2, 0) is 4.74 Å². The van der Waals surface area contributed by atoms with E-state index in [1.54, 1.807) is 6.92 Å². The van der Waals surface area contributed by atoms with Crippen LogP contribution in [0.3, 0.4) is 0 Å². The molecule has 0 aliphatic carbocycles. The van der Waals surface area contributed by atoms with Crippen LogP contribution in [0.5, 0.6) is 0 Å². The van der Waals surface area contributed by atoms with Crippen LogP contribution in [0.4, 0.5) is 4.79 Å². The highest BCUT2D eigenvalue weighted by Crippen LogP contribution is 2.05. The lowest BCUT2D eigenvalue weighted by Crippen LogP contribution is -2.34. The number of hydrogen-bond acceptors (Lipinski definition) is 2. The molecule has 0 aromatic rings. The van der Waals surface area contributed by atoms with Crippen molar-refractivity contribution >= 4 is 17.7 Å². The van der Waals surface area contributed by atoms with Gasteiger partial charge < -0.3 is 10.1 Å². The second-order valence-electron chi connectivity index (χ2n) is 2.51. The minimum Gasteiger partial charge on any atom is -0.450 e. The van der Waals surface area contributed by atoms with E-state index in [1.807, 2.05) is 13.8 Å². The predicted molar refractivity (Wildman–Crippen MR) is 44.6 cm³/mol. The van der Waals surface area contributed by atoms with Crippen LogP contribution in [-0.4, -0.2) is 18.2 Å². The lowest BCUT2D eigenvalue weighted by Gasteiger charge is -2.14. The average molecular weight is 180 g/mol. The number of carbonyl (C=O) groups excluding carboxylic acids is 1. The molecule has 1 N–H and O–H groups in total. The zero-order chi connectivity index (χ0) is 8.85. The molecule has 1 atom stereocenters. The first-order valence-electron chi connectivity index (χ1n) is 3.65. The molecule has 0 heterocycles. The van der Waals surface area contributed by atoms with E-state index in [2.05, 4.69) is 10.1 Å². The first-order valence-corrected chi connectivity index (χ1v) is 4.09. The van der Waals surface area contributed by atoms with E-state index in [1.165, 1.54) is 0 Å². The van der Waals surface area contributed by atoms with Gasteiger partial charge in [0, 0.05) is 0 Å². The third-order valence-corrected chi connectivity index (χ3v) is 1.73. The number of carbonyl (C=O) groups is 1. The SMILES string of the molecule is CCOC(=O)NC(Cl)C(C)C. The smallest absolute Gasteiger partial charge is 0.408 e. The summed E-state index contributed by atoms with van der Waals surface area (Å²) in [5.74, 6) is 0.209. The molecule has 3 nitrogen and oxygen atoms in total. The molecule has 1 unspecified atom stereocenters. The third-order valence-electron chi connectivity index (χ3n) is 1.12. The van der Waals surface area contributed by atoms with Gasteiger partial charge in [-0.1, -0.05) is 25.4 Å². The van der Waals surface area contributed by atoms with E-state index in [9.17, 15) is 4.79 Å². The maximum absolute atomic E-state index is 10.7. The fraction of sp³-hybridized carbons (Fsp3) is 0.857. The first kappa shape index (κ1) is 10.6. The Hall–Kier alpha value is -0.440. The molecular formula is C7H14ClNO2. The topological polar surface area (TPSA) is 38.3 Å². The molecule has 4 heteroatoms. The summed E-state index contributed by atoms with van der Waals surface area (Å²) < 4.78 is 4.63. The Morgan fingerprint density at radius 1 is 1.64 bits per heavy atom. The van der Waals surface area contributed by atoms with E-state index < -0.39 is 6.09 Å². The van der Waals surface area contributed by atoms with Gasteiger partial charge >= 0.3 is 6.09 Å². The van der Waals surface area contributed by atoms with E-state index in [0.29, 0.717) is 6.61 Å². The van der Waals surface area contributed by atoms with Crippen molar-refractivity contribution in [3.8, 4) is 0 Å². The van der Waals surface area contributed by atoms with Crippen molar-refractivity contribution in [1.82, 2.24) is 5.32 Å². The minimum absolute atomic E-state index is 0.209. The van der Waals surface area contributed by atoms with Crippen LogP contribution in [0.1, 0.15) is 20.8 Å². The van der Waals surface area contributed by atoms with Gasteiger partial charge in [-0.25, -0.2) is 4.79 Å². The zero-order valence-electron chi connectivity index (χ0n) is 7.06. The molecule has 0 aromatic heterocycles. The summed E-state index contributed by atoms with van der Waals surface area (Å²) in [6, 6.07) is 0. The molecule has 11 heavy (non-hydrogen) atoms. The van der Waals surface area contributed by atoms with E-state index in [-0.39, 0.29) is 11.4 Å². The fourth-order valence-corrected chi connectivity index (χ4v) is 0.541. The largest absolute Gasteiger partial charge is 0.450 e. The number of nitrogens with one attached hydrogen (secondary N) is 1. The normalized spacial score (nSPS) is 12.8. The van der Waals surface area contributed by atoms with Gasteiger partial charge in [-0.2, -0.15) is 0 Å². The van der Waals surface area contributed by atoms with Crippen molar-refractivity contribution in [2.75, 3.05) is 6.61 Å². The van der Waals surface area contributed by atoms with Gasteiger partial charge in [0.2, 0.25) is 0 Å². The van der Waals surface area contributed by atoms with Crippen molar-refractivity contribution < 1.29 is 9.53 Å². The van der Waals surface area contributed by atoms with Crippen molar-refractivity contribution in [1.29, 1.82) is 0 Å². The lowest BCUT2D eigenvalue weighted by atomic mass is 10.2. The third kappa shape index (κ3) is 4.90. The number of halogens is 1. The molecule has 0 radical (unpaired) electrons. The first-order chi connectivity index (χ1) is 5.07. The Morgan fingerprint density at radius 2 is 2.18 bits per heavy atom. The van der Waals surface area contributed by atoms with Gasteiger partial charge in [0.15, 0.2) is 0 Å². The van der Waals surface area contributed by atoms with Crippen LogP contribution >= 0.6 is 11.6 Å². The Kier molecular flexibility index (Phi) is 5.03. The van der Waals surface area contributed by atoms with Crippen LogP contribution in [0.15, 0.2) is 0 Å². The van der Waals surface area contributed by atoms with Crippen molar-refractivity contribution in [3.05, 3.63) is 0 Å². The maximum Gasteiger partial charge on any atom is 0.408 e. The number of amides is 1. The number of ether oxygens (including phenoxy) is 1. The number of hydrogen-bond donors (Lipinski definition) is 1. The summed E-state index contributed by atoms with van der Waals surface area (Å²) in [6.07, 6.45) is -0.457. The van der Waals surface area contributed by atoms with Crippen LogP contribution in [0.25, 0.3) is 0 Å². The number of alkyl halides is 1. The molecule has 0 saturated heterocycles. The zero-order valence-corrected chi connectivity index (χ0v) is 7.81. The van der Waals surface area contributed by atoms with Gasteiger partial charge in [0.05, 0.1) is 6.61 Å². The van der Waals surface area contributed by atoms with Crippen molar-refractivity contribution in [3.63, 3.8) is 0 Å². The van der Waals surface area contributed by atoms with Crippen molar-refractivity contribution in [2.45, 2.75) is 26.3 Å². The molecule has 1 amide bonds. The van der Waals surface area contributed by atoms with Crippen molar-refractivity contribution in [2.24, 2.45) is 5.92 Å². The predicted octanol–water partition coefficient (Wildman–Crippen LogP) is 1.95. The Morgan fingerprint density at radius 3 is 2.55 bits per heavy atom. The van der Waals surface area contributed by atoms with Gasteiger partial charge in [-0.3, -0.25) is 0 Å². The molecule has 0 saturated carbocycles. The summed E-state index contributed by atoms with van der Waals surface area (Å²) in [7, 11) is 0.